The molecule has 3 aromatic rings. The lowest BCUT2D eigenvalue weighted by Crippen LogP contribution is -2.28. The summed E-state index contributed by atoms with van der Waals surface area (Å²) >= 11 is 2.71. The number of anilines is 1. The van der Waals surface area contributed by atoms with Gasteiger partial charge in [-0.05, 0) is 11.4 Å². The van der Waals surface area contributed by atoms with Gasteiger partial charge in [0.15, 0.2) is 5.13 Å². The van der Waals surface area contributed by atoms with Crippen molar-refractivity contribution in [2.45, 2.75) is 4.21 Å². The van der Waals surface area contributed by atoms with Crippen LogP contribution in [0.1, 0.15) is 0 Å². The molecule has 2 N–H and O–H groups in total. The van der Waals surface area contributed by atoms with Crippen molar-refractivity contribution in [1.82, 2.24) is 9.71 Å². The van der Waals surface area contributed by atoms with Crippen LogP contribution in [-0.4, -0.2) is 26.5 Å². The lowest BCUT2D eigenvalue weighted by atomic mass is 10.2. The van der Waals surface area contributed by atoms with E-state index in [1.54, 1.807) is 17.5 Å². The predicted octanol–water partition coefficient (Wildman–Crippen LogP) is 3.26. The topological polar surface area (TPSA) is 71.1 Å². The molecule has 0 spiro atoms. The zero-order valence-electron chi connectivity index (χ0n) is 12.1. The number of rotatable bonds is 7. The maximum atomic E-state index is 12.0. The summed E-state index contributed by atoms with van der Waals surface area (Å²) in [7, 11) is -3.40. The molecule has 0 radical (unpaired) electrons. The third-order valence-corrected chi connectivity index (χ3v) is 6.69. The molecule has 0 bridgehead atoms. The summed E-state index contributed by atoms with van der Waals surface area (Å²) in [4.78, 5) is 4.50. The Bertz CT molecular complexity index is 843. The van der Waals surface area contributed by atoms with Gasteiger partial charge in [-0.3, -0.25) is 0 Å². The monoisotopic (exact) mass is 365 g/mol. The van der Waals surface area contributed by atoms with Crippen LogP contribution in [0.25, 0.3) is 11.3 Å². The third kappa shape index (κ3) is 4.17. The van der Waals surface area contributed by atoms with Gasteiger partial charge in [0, 0.05) is 24.0 Å². The largest absolute Gasteiger partial charge is 0.360 e. The molecule has 0 saturated carbocycles. The highest BCUT2D eigenvalue weighted by Gasteiger charge is 2.13. The summed E-state index contributed by atoms with van der Waals surface area (Å²) < 4.78 is 26.8. The van der Waals surface area contributed by atoms with Crippen molar-refractivity contribution in [3.63, 3.8) is 0 Å². The van der Waals surface area contributed by atoms with Crippen molar-refractivity contribution in [2.24, 2.45) is 0 Å². The number of benzene rings is 1. The first kappa shape index (κ1) is 16.1. The zero-order valence-corrected chi connectivity index (χ0v) is 14.5. The first-order valence-corrected chi connectivity index (χ1v) is 10.2. The fourth-order valence-corrected chi connectivity index (χ4v) is 4.76. The molecule has 2 heterocycles. The lowest BCUT2D eigenvalue weighted by Gasteiger charge is -2.05. The van der Waals surface area contributed by atoms with Crippen LogP contribution in [0.4, 0.5) is 5.13 Å². The van der Waals surface area contributed by atoms with Gasteiger partial charge in [-0.2, -0.15) is 0 Å². The summed E-state index contributed by atoms with van der Waals surface area (Å²) in [6.45, 7) is 0.785. The van der Waals surface area contributed by atoms with Crippen LogP contribution in [-0.2, 0) is 10.0 Å². The minimum Gasteiger partial charge on any atom is -0.360 e. The molecule has 120 valence electrons. The molecule has 3 rings (SSSR count). The molecule has 1 aromatic carbocycles. The Kier molecular flexibility index (Phi) is 5.06. The van der Waals surface area contributed by atoms with Crippen molar-refractivity contribution in [3.8, 4) is 11.3 Å². The zero-order chi connectivity index (χ0) is 16.1. The molecule has 0 aliphatic rings. The average Bonchev–Trinajstić information content (AvgIpc) is 3.24. The van der Waals surface area contributed by atoms with Gasteiger partial charge in [0.1, 0.15) is 4.21 Å². The van der Waals surface area contributed by atoms with Crippen molar-refractivity contribution in [1.29, 1.82) is 0 Å². The smallest absolute Gasteiger partial charge is 0.250 e. The Morgan fingerprint density at radius 1 is 1.00 bits per heavy atom. The summed E-state index contributed by atoms with van der Waals surface area (Å²) in [6.07, 6.45) is 0. The number of sulfonamides is 1. The third-order valence-electron chi connectivity index (χ3n) is 3.03. The van der Waals surface area contributed by atoms with E-state index in [1.165, 1.54) is 22.7 Å². The Morgan fingerprint density at radius 2 is 1.83 bits per heavy atom. The van der Waals surface area contributed by atoms with E-state index in [9.17, 15) is 8.42 Å². The Labute approximate surface area is 143 Å². The van der Waals surface area contributed by atoms with Crippen molar-refractivity contribution >= 4 is 37.8 Å². The van der Waals surface area contributed by atoms with Crippen molar-refractivity contribution in [2.75, 3.05) is 18.4 Å². The number of hydrogen-bond donors (Lipinski definition) is 2. The van der Waals surface area contributed by atoms with Crippen LogP contribution < -0.4 is 10.0 Å². The van der Waals surface area contributed by atoms with Crippen LogP contribution in [0.2, 0.25) is 0 Å². The predicted molar refractivity (Wildman–Crippen MR) is 95.5 cm³/mol. The number of aromatic nitrogens is 1. The van der Waals surface area contributed by atoms with E-state index in [0.717, 1.165) is 16.4 Å². The summed E-state index contributed by atoms with van der Waals surface area (Å²) in [5.74, 6) is 0. The molecule has 8 heteroatoms. The molecular formula is C15H15N3O2S3. The number of thiazole rings is 1. The van der Waals surface area contributed by atoms with Gasteiger partial charge < -0.3 is 5.32 Å². The fourth-order valence-electron chi connectivity index (χ4n) is 1.94. The van der Waals surface area contributed by atoms with E-state index in [-0.39, 0.29) is 0 Å². The van der Waals surface area contributed by atoms with Gasteiger partial charge in [-0.25, -0.2) is 18.1 Å². The molecule has 0 unspecified atom stereocenters. The highest BCUT2D eigenvalue weighted by molar-refractivity contribution is 7.91. The van der Waals surface area contributed by atoms with Crippen LogP contribution in [0.15, 0.2) is 57.4 Å². The molecule has 0 fully saturated rings. The molecule has 2 aromatic heterocycles. The number of nitrogens with zero attached hydrogens (tertiary/aromatic N) is 1. The van der Waals surface area contributed by atoms with Gasteiger partial charge in [0.25, 0.3) is 0 Å². The molecule has 0 aliphatic heterocycles. The lowest BCUT2D eigenvalue weighted by molar-refractivity contribution is 0.585. The van der Waals surface area contributed by atoms with Gasteiger partial charge in [-0.1, -0.05) is 36.4 Å². The van der Waals surface area contributed by atoms with E-state index in [4.69, 9.17) is 0 Å². The van der Waals surface area contributed by atoms with Gasteiger partial charge in [-0.15, -0.1) is 22.7 Å². The van der Waals surface area contributed by atoms with Gasteiger partial charge >= 0.3 is 0 Å². The molecule has 0 aliphatic carbocycles. The normalized spacial score (nSPS) is 11.5. The van der Waals surface area contributed by atoms with E-state index in [1.807, 2.05) is 35.7 Å². The fraction of sp³-hybridized carbons (Fsp3) is 0.133. The summed E-state index contributed by atoms with van der Waals surface area (Å²) in [5.41, 5.74) is 1.98. The molecule has 0 amide bonds. The van der Waals surface area contributed by atoms with Crippen molar-refractivity contribution < 1.29 is 8.42 Å². The summed E-state index contributed by atoms with van der Waals surface area (Å²) in [5, 5.41) is 7.64. The average molecular weight is 366 g/mol. The second-order valence-corrected chi connectivity index (χ2v) is 8.46. The summed E-state index contributed by atoms with van der Waals surface area (Å²) in [6, 6.07) is 13.2. The van der Waals surface area contributed by atoms with E-state index in [2.05, 4.69) is 15.0 Å². The second kappa shape index (κ2) is 7.22. The van der Waals surface area contributed by atoms with Crippen LogP contribution in [0, 0.1) is 0 Å². The van der Waals surface area contributed by atoms with Crippen molar-refractivity contribution in [3.05, 3.63) is 53.2 Å². The number of nitrogens with one attached hydrogen (secondary N) is 2. The number of thiophene rings is 1. The first-order valence-electron chi connectivity index (χ1n) is 6.93. The SMILES string of the molecule is O=S(=O)(NCCNc1nc(-c2ccccc2)cs1)c1cccs1. The van der Waals surface area contributed by atoms with E-state index in [0.29, 0.717) is 17.3 Å². The number of hydrogen-bond acceptors (Lipinski definition) is 6. The Balaban J connectivity index is 1.51. The maximum Gasteiger partial charge on any atom is 0.250 e. The minimum absolute atomic E-state index is 0.306. The quantitative estimate of drug-likeness (QED) is 0.631. The second-order valence-electron chi connectivity index (χ2n) is 4.66. The van der Waals surface area contributed by atoms with Crippen LogP contribution in [0.5, 0.6) is 0 Å². The highest BCUT2D eigenvalue weighted by atomic mass is 32.2. The molecule has 0 saturated heterocycles. The molecular weight excluding hydrogens is 350 g/mol. The molecule has 5 nitrogen and oxygen atoms in total. The van der Waals surface area contributed by atoms with Gasteiger partial charge in [0.2, 0.25) is 10.0 Å². The van der Waals surface area contributed by atoms with Crippen LogP contribution >= 0.6 is 22.7 Å². The highest BCUT2D eigenvalue weighted by Crippen LogP contribution is 2.24. The first-order chi connectivity index (χ1) is 11.1. The molecule has 23 heavy (non-hydrogen) atoms. The van der Waals surface area contributed by atoms with Gasteiger partial charge in [0.05, 0.1) is 5.69 Å². The minimum atomic E-state index is -3.40. The standard InChI is InChI=1S/C15H15N3O2S3/c19-23(20,14-7-4-10-21-14)17-9-8-16-15-18-13(11-22-15)12-5-2-1-3-6-12/h1-7,10-11,17H,8-9H2,(H,16,18). The Hall–Kier alpha value is -1.74. The van der Waals surface area contributed by atoms with Crippen LogP contribution in [0.3, 0.4) is 0 Å². The molecule has 0 atom stereocenters. The maximum absolute atomic E-state index is 12.0. The Morgan fingerprint density at radius 3 is 2.57 bits per heavy atom. The van der Waals surface area contributed by atoms with E-state index < -0.39 is 10.0 Å². The van der Waals surface area contributed by atoms with E-state index >= 15 is 0 Å².